The maximum Gasteiger partial charge on any atom is 0.306 e. The smallest absolute Gasteiger partial charge is 0.306 e. The summed E-state index contributed by atoms with van der Waals surface area (Å²) >= 11 is 0. The fraction of sp³-hybridized carbons (Fsp3) is 0.808. The number of carbonyl (C=O) groups is 2. The van der Waals surface area contributed by atoms with Gasteiger partial charge in [0.2, 0.25) is 0 Å². The average Bonchev–Trinajstić information content (AvgIpc) is 3.44. The summed E-state index contributed by atoms with van der Waals surface area (Å²) in [5.74, 6) is -0.572. The molecule has 0 fully saturated rings. The van der Waals surface area contributed by atoms with E-state index in [1.54, 1.807) is 0 Å². The summed E-state index contributed by atoms with van der Waals surface area (Å²) in [4.78, 5) is 24.6. The van der Waals surface area contributed by atoms with E-state index in [0.717, 1.165) is 70.6 Å². The first kappa shape index (κ1) is 75.3. The second-order valence-electron chi connectivity index (χ2n) is 23.2. The van der Waals surface area contributed by atoms with Crippen LogP contribution in [0, 0.1) is 0 Å². The van der Waals surface area contributed by atoms with Crippen LogP contribution >= 0.6 is 0 Å². The zero-order valence-electron chi connectivity index (χ0n) is 52.2. The van der Waals surface area contributed by atoms with Gasteiger partial charge in [-0.05, 0) is 83.5 Å². The van der Waals surface area contributed by atoms with Gasteiger partial charge < -0.3 is 14.6 Å². The molecule has 5 nitrogen and oxygen atoms in total. The lowest BCUT2D eigenvalue weighted by Gasteiger charge is -2.15. The van der Waals surface area contributed by atoms with Gasteiger partial charge in [-0.3, -0.25) is 9.59 Å². The van der Waals surface area contributed by atoms with Crippen LogP contribution < -0.4 is 0 Å². The van der Waals surface area contributed by atoms with E-state index in [2.05, 4.69) is 86.8 Å². The molecule has 0 saturated carbocycles. The second kappa shape index (κ2) is 68.6. The maximum atomic E-state index is 12.4. The van der Waals surface area contributed by atoms with Gasteiger partial charge in [0.25, 0.3) is 0 Å². The molecule has 0 aliphatic carbocycles. The highest BCUT2D eigenvalue weighted by Crippen LogP contribution is 2.18. The predicted octanol–water partition coefficient (Wildman–Crippen LogP) is 23.9. The van der Waals surface area contributed by atoms with E-state index in [9.17, 15) is 14.7 Å². The number of aliphatic hydroxyl groups is 1. The molecule has 1 N–H and O–H groups in total. The summed E-state index contributed by atoms with van der Waals surface area (Å²) in [5, 5.41) is 9.70. The van der Waals surface area contributed by atoms with Gasteiger partial charge in [0.1, 0.15) is 6.61 Å². The highest BCUT2D eigenvalue weighted by molar-refractivity contribution is 5.70. The van der Waals surface area contributed by atoms with Gasteiger partial charge in [0.15, 0.2) is 6.10 Å². The maximum absolute atomic E-state index is 12.4. The Morgan fingerprint density at radius 2 is 0.551 bits per heavy atom. The Hall–Kier alpha value is -2.66. The van der Waals surface area contributed by atoms with E-state index < -0.39 is 6.10 Å². The zero-order chi connectivity index (χ0) is 56.2. The molecular formula is C73H132O5. The molecule has 1 unspecified atom stereocenters. The minimum Gasteiger partial charge on any atom is -0.462 e. The van der Waals surface area contributed by atoms with Gasteiger partial charge in [-0.2, -0.15) is 0 Å². The van der Waals surface area contributed by atoms with Gasteiger partial charge in [-0.1, -0.05) is 337 Å². The fourth-order valence-corrected chi connectivity index (χ4v) is 10.3. The molecule has 0 amide bonds. The van der Waals surface area contributed by atoms with E-state index in [1.165, 1.54) is 263 Å². The Morgan fingerprint density at radius 1 is 0.308 bits per heavy atom. The molecule has 0 heterocycles. The number of ether oxygens (including phenoxy) is 2. The lowest BCUT2D eigenvalue weighted by molar-refractivity contribution is -0.161. The summed E-state index contributed by atoms with van der Waals surface area (Å²) in [5.41, 5.74) is 0. The lowest BCUT2D eigenvalue weighted by Crippen LogP contribution is -2.28. The minimum absolute atomic E-state index is 0.0623. The summed E-state index contributed by atoms with van der Waals surface area (Å²) in [6, 6.07) is 0. The number of esters is 2. The van der Waals surface area contributed by atoms with E-state index >= 15 is 0 Å². The SMILES string of the molecule is CC/C=C\C/C=C\C/C=C\C/C=C\CCCCCCCCCCCCCCCCCCCCCCCCCCC(=O)OC(CO)COC(=O)CCCCCCCCCCCCCCCCC/C=C\C/C=C\CCCCCCC. The number of allylic oxidation sites excluding steroid dienone is 12. The quantitative estimate of drug-likeness (QED) is 0.0373. The van der Waals surface area contributed by atoms with E-state index in [4.69, 9.17) is 9.47 Å². The van der Waals surface area contributed by atoms with Crippen LogP contribution in [0.15, 0.2) is 72.9 Å². The molecule has 454 valence electrons. The normalized spacial score (nSPS) is 12.6. The third-order valence-electron chi connectivity index (χ3n) is 15.5. The fourth-order valence-electron chi connectivity index (χ4n) is 10.3. The Labute approximate surface area is 486 Å². The number of aliphatic hydroxyl groups excluding tert-OH is 1. The minimum atomic E-state index is -0.773. The van der Waals surface area contributed by atoms with Crippen LogP contribution in [-0.4, -0.2) is 36.4 Å². The van der Waals surface area contributed by atoms with Crippen molar-refractivity contribution in [1.82, 2.24) is 0 Å². The number of carbonyl (C=O) groups excluding carboxylic acids is 2. The number of hydrogen-bond acceptors (Lipinski definition) is 5. The van der Waals surface area contributed by atoms with Crippen LogP contribution in [0.4, 0.5) is 0 Å². The largest absolute Gasteiger partial charge is 0.462 e. The Bertz CT molecular complexity index is 1370. The first-order chi connectivity index (χ1) is 38.6. The van der Waals surface area contributed by atoms with Crippen LogP contribution in [0.25, 0.3) is 0 Å². The van der Waals surface area contributed by atoms with Gasteiger partial charge in [0.05, 0.1) is 6.61 Å². The molecule has 0 aliphatic heterocycles. The van der Waals surface area contributed by atoms with Crippen molar-refractivity contribution < 1.29 is 24.2 Å². The van der Waals surface area contributed by atoms with Crippen molar-refractivity contribution in [3.05, 3.63) is 72.9 Å². The Balaban J connectivity index is 3.40. The molecule has 0 radical (unpaired) electrons. The monoisotopic (exact) mass is 1090 g/mol. The molecule has 0 aromatic heterocycles. The highest BCUT2D eigenvalue weighted by Gasteiger charge is 2.16. The molecule has 0 rings (SSSR count). The Kier molecular flexibility index (Phi) is 66.3. The van der Waals surface area contributed by atoms with Gasteiger partial charge in [-0.15, -0.1) is 0 Å². The molecule has 1 atom stereocenters. The number of rotatable bonds is 64. The van der Waals surface area contributed by atoms with Crippen LogP contribution in [0.2, 0.25) is 0 Å². The average molecular weight is 1090 g/mol. The van der Waals surface area contributed by atoms with Crippen LogP contribution in [0.5, 0.6) is 0 Å². The standard InChI is InChI=1S/C73H132O5/c1-3-5-7-9-11-13-15-17-19-21-23-25-27-29-31-32-33-34-35-36-37-38-39-40-42-44-46-48-50-52-54-56-58-60-62-64-66-68-73(76)78-71(69-74)70-77-72(75)67-65-63-61-59-57-55-53-51-49-47-45-43-41-30-28-26-24-22-20-18-16-14-12-10-8-6-4-2/h5,7,11,13,16-19,22-25,71,74H,3-4,6,8-10,12,14-15,20-21,26-70H2,1-2H3/b7-5-,13-11-,18-16-,19-17-,24-22-,25-23-. The molecule has 5 heteroatoms. The third kappa shape index (κ3) is 65.9. The van der Waals surface area contributed by atoms with Crippen molar-refractivity contribution in [1.29, 1.82) is 0 Å². The van der Waals surface area contributed by atoms with Crippen LogP contribution in [0.3, 0.4) is 0 Å². The number of hydrogen-bond donors (Lipinski definition) is 1. The molecular weight excluding hydrogens is 957 g/mol. The van der Waals surface area contributed by atoms with Gasteiger partial charge >= 0.3 is 11.9 Å². The zero-order valence-corrected chi connectivity index (χ0v) is 52.2. The van der Waals surface area contributed by atoms with Crippen molar-refractivity contribution in [3.63, 3.8) is 0 Å². The van der Waals surface area contributed by atoms with Crippen molar-refractivity contribution in [2.45, 2.75) is 367 Å². The summed E-state index contributed by atoms with van der Waals surface area (Å²) in [6.07, 6.45) is 95.1. The van der Waals surface area contributed by atoms with Crippen molar-refractivity contribution in [2.24, 2.45) is 0 Å². The van der Waals surface area contributed by atoms with Crippen molar-refractivity contribution >= 4 is 11.9 Å². The van der Waals surface area contributed by atoms with Crippen molar-refractivity contribution in [2.75, 3.05) is 13.2 Å². The summed E-state index contributed by atoms with van der Waals surface area (Å²) in [6.45, 7) is 4.06. The molecule has 78 heavy (non-hydrogen) atoms. The summed E-state index contributed by atoms with van der Waals surface area (Å²) in [7, 11) is 0. The first-order valence-corrected chi connectivity index (χ1v) is 34.5. The van der Waals surface area contributed by atoms with Crippen LogP contribution in [-0.2, 0) is 19.1 Å². The lowest BCUT2D eigenvalue weighted by atomic mass is 10.0. The predicted molar refractivity (Wildman–Crippen MR) is 343 cm³/mol. The van der Waals surface area contributed by atoms with E-state index in [-0.39, 0.29) is 25.2 Å². The number of unbranched alkanes of at least 4 members (excludes halogenated alkanes) is 44. The van der Waals surface area contributed by atoms with Crippen LogP contribution in [0.1, 0.15) is 361 Å². The van der Waals surface area contributed by atoms with E-state index in [1.807, 2.05) is 0 Å². The molecule has 0 saturated heterocycles. The molecule has 0 bridgehead atoms. The van der Waals surface area contributed by atoms with Gasteiger partial charge in [-0.25, -0.2) is 0 Å². The topological polar surface area (TPSA) is 72.8 Å². The molecule has 0 spiro atoms. The van der Waals surface area contributed by atoms with E-state index in [0.29, 0.717) is 12.8 Å². The highest BCUT2D eigenvalue weighted by atomic mass is 16.6. The first-order valence-electron chi connectivity index (χ1n) is 34.5. The third-order valence-corrected chi connectivity index (χ3v) is 15.5. The van der Waals surface area contributed by atoms with Crippen molar-refractivity contribution in [3.8, 4) is 0 Å². The molecule has 0 aromatic rings. The Morgan fingerprint density at radius 3 is 0.833 bits per heavy atom. The second-order valence-corrected chi connectivity index (χ2v) is 23.2. The van der Waals surface area contributed by atoms with Gasteiger partial charge in [0, 0.05) is 12.8 Å². The molecule has 0 aliphatic rings. The molecule has 0 aromatic carbocycles. The summed E-state index contributed by atoms with van der Waals surface area (Å²) < 4.78 is 10.8.